The predicted octanol–water partition coefficient (Wildman–Crippen LogP) is 4.00. The second-order valence-corrected chi connectivity index (χ2v) is 8.76. The Hall–Kier alpha value is -4.58. The van der Waals surface area contributed by atoms with Crippen molar-refractivity contribution in [1.82, 2.24) is 25.2 Å². The molecule has 0 aliphatic carbocycles. The van der Waals surface area contributed by atoms with E-state index in [0.29, 0.717) is 40.4 Å². The fourth-order valence-electron chi connectivity index (χ4n) is 3.70. The minimum atomic E-state index is -0.320. The number of methoxy groups -OCH3 is 3. The molecule has 0 saturated heterocycles. The molecule has 0 saturated carbocycles. The predicted molar refractivity (Wildman–Crippen MR) is 148 cm³/mol. The Labute approximate surface area is 230 Å². The first-order chi connectivity index (χ1) is 19.1. The van der Waals surface area contributed by atoms with Gasteiger partial charge in [0.2, 0.25) is 5.75 Å². The zero-order valence-electron chi connectivity index (χ0n) is 22.0. The molecule has 0 radical (unpaired) electrons. The zero-order valence-corrected chi connectivity index (χ0v) is 22.8. The molecule has 0 unspecified atom stereocenters. The van der Waals surface area contributed by atoms with Crippen molar-refractivity contribution in [2.45, 2.75) is 12.1 Å². The van der Waals surface area contributed by atoms with Gasteiger partial charge >= 0.3 is 0 Å². The van der Waals surface area contributed by atoms with E-state index in [1.54, 1.807) is 31.6 Å². The van der Waals surface area contributed by atoms with Gasteiger partial charge in [0, 0.05) is 29.2 Å². The van der Waals surface area contributed by atoms with Gasteiger partial charge in [-0.2, -0.15) is 5.10 Å². The fourth-order valence-corrected chi connectivity index (χ4v) is 4.44. The van der Waals surface area contributed by atoms with Crippen LogP contribution in [0.4, 0.5) is 0 Å². The number of benzene rings is 2. The summed E-state index contributed by atoms with van der Waals surface area (Å²) in [6.07, 6.45) is 4.89. The van der Waals surface area contributed by atoms with Crippen LogP contribution in [0.25, 0.3) is 17.1 Å². The molecule has 2 aromatic heterocycles. The van der Waals surface area contributed by atoms with Crippen LogP contribution >= 0.6 is 11.8 Å². The molecule has 0 aliphatic heterocycles. The minimum absolute atomic E-state index is 0.0581. The van der Waals surface area contributed by atoms with E-state index in [-0.39, 0.29) is 11.7 Å². The normalized spacial score (nSPS) is 10.9. The average molecular weight is 549 g/mol. The molecule has 0 spiro atoms. The molecule has 4 aromatic rings. The van der Waals surface area contributed by atoms with Gasteiger partial charge in [0.05, 0.1) is 39.9 Å². The Morgan fingerprint density at radius 1 is 1.03 bits per heavy atom. The van der Waals surface area contributed by atoms with Crippen LogP contribution in [0.5, 0.6) is 23.0 Å². The monoisotopic (exact) mass is 548 g/mol. The number of hydrogen-bond donors (Lipinski definition) is 1. The van der Waals surface area contributed by atoms with Gasteiger partial charge in [-0.15, -0.1) is 10.2 Å². The summed E-state index contributed by atoms with van der Waals surface area (Å²) >= 11 is 1.24. The molecule has 0 fully saturated rings. The van der Waals surface area contributed by atoms with Crippen molar-refractivity contribution in [3.8, 4) is 40.1 Å². The summed E-state index contributed by atoms with van der Waals surface area (Å²) in [7, 11) is 4.58. The maximum Gasteiger partial charge on any atom is 0.250 e. The van der Waals surface area contributed by atoms with Gasteiger partial charge in [-0.3, -0.25) is 14.3 Å². The van der Waals surface area contributed by atoms with Crippen molar-refractivity contribution in [3.63, 3.8) is 0 Å². The third kappa shape index (κ3) is 6.47. The average Bonchev–Trinajstić information content (AvgIpc) is 3.40. The molecule has 2 heterocycles. The lowest BCUT2D eigenvalue weighted by Crippen LogP contribution is -2.20. The number of carbonyl (C=O) groups is 1. The van der Waals surface area contributed by atoms with E-state index in [4.69, 9.17) is 18.9 Å². The standard InChI is InChI=1S/C27H28N6O5S/c1-5-38-21-11-9-20(10-12-21)33-26(19-7-6-14-28-15-19)31-32-27(33)39-17-23(34)30-29-16-18-8-13-22(35-2)25(37-4)24(18)36-3/h6-16H,5,17H2,1-4H3,(H,30,34). The highest BCUT2D eigenvalue weighted by molar-refractivity contribution is 7.99. The van der Waals surface area contributed by atoms with Gasteiger partial charge in [-0.25, -0.2) is 5.43 Å². The third-order valence-electron chi connectivity index (χ3n) is 5.42. The molecule has 0 aliphatic rings. The van der Waals surface area contributed by atoms with Gasteiger partial charge in [-0.05, 0) is 55.5 Å². The third-order valence-corrected chi connectivity index (χ3v) is 6.35. The number of pyridine rings is 1. The molecule has 202 valence electrons. The first kappa shape index (κ1) is 27.5. The van der Waals surface area contributed by atoms with Crippen LogP contribution in [-0.4, -0.2) is 65.6 Å². The van der Waals surface area contributed by atoms with Gasteiger partial charge in [-0.1, -0.05) is 11.8 Å². The van der Waals surface area contributed by atoms with Crippen LogP contribution in [0.2, 0.25) is 0 Å². The smallest absolute Gasteiger partial charge is 0.250 e. The van der Waals surface area contributed by atoms with Crippen LogP contribution in [-0.2, 0) is 4.79 Å². The quantitative estimate of drug-likeness (QED) is 0.159. The van der Waals surface area contributed by atoms with Crippen LogP contribution < -0.4 is 24.4 Å². The highest BCUT2D eigenvalue weighted by atomic mass is 32.2. The zero-order chi connectivity index (χ0) is 27.6. The Morgan fingerprint density at radius 2 is 1.82 bits per heavy atom. The number of rotatable bonds is 12. The van der Waals surface area contributed by atoms with E-state index in [9.17, 15) is 4.79 Å². The van der Waals surface area contributed by atoms with E-state index < -0.39 is 0 Å². The molecular weight excluding hydrogens is 520 g/mol. The van der Waals surface area contributed by atoms with Crippen molar-refractivity contribution in [2.24, 2.45) is 5.10 Å². The van der Waals surface area contributed by atoms with Gasteiger partial charge in [0.15, 0.2) is 22.5 Å². The Balaban J connectivity index is 1.50. The summed E-state index contributed by atoms with van der Waals surface area (Å²) < 4.78 is 23.6. The van der Waals surface area contributed by atoms with E-state index in [0.717, 1.165) is 17.0 Å². The molecule has 39 heavy (non-hydrogen) atoms. The number of amides is 1. The van der Waals surface area contributed by atoms with E-state index in [1.165, 1.54) is 32.2 Å². The lowest BCUT2D eigenvalue weighted by molar-refractivity contribution is -0.118. The number of aromatic nitrogens is 4. The number of hydrazone groups is 1. The Morgan fingerprint density at radius 3 is 2.49 bits per heavy atom. The van der Waals surface area contributed by atoms with Crippen molar-refractivity contribution >= 4 is 23.9 Å². The van der Waals surface area contributed by atoms with E-state index in [2.05, 4.69) is 25.7 Å². The molecule has 4 rings (SSSR count). The van der Waals surface area contributed by atoms with Crippen molar-refractivity contribution in [2.75, 3.05) is 33.7 Å². The minimum Gasteiger partial charge on any atom is -0.494 e. The second-order valence-electron chi connectivity index (χ2n) is 7.82. The number of ether oxygens (including phenoxy) is 4. The number of nitrogens with zero attached hydrogens (tertiary/aromatic N) is 5. The van der Waals surface area contributed by atoms with Crippen LogP contribution in [0, 0.1) is 0 Å². The van der Waals surface area contributed by atoms with Crippen LogP contribution in [0.3, 0.4) is 0 Å². The van der Waals surface area contributed by atoms with Gasteiger partial charge < -0.3 is 18.9 Å². The SMILES string of the molecule is CCOc1ccc(-n2c(SCC(=O)NN=Cc3ccc(OC)c(OC)c3OC)nnc2-c2cccnc2)cc1. The summed E-state index contributed by atoms with van der Waals surface area (Å²) in [4.78, 5) is 16.8. The lowest BCUT2D eigenvalue weighted by Gasteiger charge is -2.13. The number of nitrogens with one attached hydrogen (secondary N) is 1. The highest BCUT2D eigenvalue weighted by Crippen LogP contribution is 2.39. The molecule has 12 heteroatoms. The first-order valence-electron chi connectivity index (χ1n) is 11.9. The molecule has 11 nitrogen and oxygen atoms in total. The Kier molecular flexibility index (Phi) is 9.35. The largest absolute Gasteiger partial charge is 0.494 e. The van der Waals surface area contributed by atoms with Crippen LogP contribution in [0.15, 0.2) is 71.2 Å². The maximum atomic E-state index is 12.6. The number of thioether (sulfide) groups is 1. The lowest BCUT2D eigenvalue weighted by atomic mass is 10.2. The molecule has 0 bridgehead atoms. The summed E-state index contributed by atoms with van der Waals surface area (Å²) in [6, 6.07) is 14.8. The van der Waals surface area contributed by atoms with Crippen molar-refractivity contribution in [3.05, 3.63) is 66.5 Å². The van der Waals surface area contributed by atoms with Crippen LogP contribution in [0.1, 0.15) is 12.5 Å². The fraction of sp³-hybridized carbons (Fsp3) is 0.222. The van der Waals surface area contributed by atoms with E-state index in [1.807, 2.05) is 47.9 Å². The van der Waals surface area contributed by atoms with Crippen molar-refractivity contribution < 1.29 is 23.7 Å². The first-order valence-corrected chi connectivity index (χ1v) is 12.9. The molecular formula is C27H28N6O5S. The number of carbonyl (C=O) groups excluding carboxylic acids is 1. The number of hydrogen-bond acceptors (Lipinski definition) is 10. The molecule has 1 amide bonds. The molecule has 0 atom stereocenters. The Bertz CT molecular complexity index is 1430. The van der Waals surface area contributed by atoms with Gasteiger partial charge in [0.1, 0.15) is 5.75 Å². The topological polar surface area (TPSA) is 122 Å². The summed E-state index contributed by atoms with van der Waals surface area (Å²) in [5.74, 6) is 2.50. The highest BCUT2D eigenvalue weighted by Gasteiger charge is 2.18. The second kappa shape index (κ2) is 13.3. The van der Waals surface area contributed by atoms with E-state index >= 15 is 0 Å². The maximum absolute atomic E-state index is 12.6. The summed E-state index contributed by atoms with van der Waals surface area (Å²) in [5.41, 5.74) is 4.76. The van der Waals surface area contributed by atoms with Crippen molar-refractivity contribution in [1.29, 1.82) is 0 Å². The molecule has 1 N–H and O–H groups in total. The molecule has 2 aromatic carbocycles. The summed E-state index contributed by atoms with van der Waals surface area (Å²) in [6.45, 7) is 2.51. The summed E-state index contributed by atoms with van der Waals surface area (Å²) in [5, 5.41) is 13.3. The van der Waals surface area contributed by atoms with Gasteiger partial charge in [0.25, 0.3) is 5.91 Å².